The van der Waals surface area contributed by atoms with Gasteiger partial charge in [0, 0.05) is 18.6 Å². The maximum atomic E-state index is 14.9. The highest BCUT2D eigenvalue weighted by Gasteiger charge is 2.44. The highest BCUT2D eigenvalue weighted by Crippen LogP contribution is 2.48. The lowest BCUT2D eigenvalue weighted by Crippen LogP contribution is -2.45. The van der Waals surface area contributed by atoms with Gasteiger partial charge in [0.15, 0.2) is 11.4 Å². The van der Waals surface area contributed by atoms with Gasteiger partial charge in [0.05, 0.1) is 35.9 Å². The van der Waals surface area contributed by atoms with E-state index in [0.29, 0.717) is 47.8 Å². The standard InChI is InChI=1S/C22H20FN3O4/c1-11(27)17-7-19(22(2)9-30-10-22)26-20(24-17)8-18(25-26)13-4-3-12(5-16(13)23)14-6-15(14)21(28)29/h3-5,7-8,14-15H,6,9-10H2,1-2H3,(H,28,29)/t14-,15+/m0/s1. The second-order valence-corrected chi connectivity index (χ2v) is 8.46. The molecule has 7 nitrogen and oxygen atoms in total. The summed E-state index contributed by atoms with van der Waals surface area (Å²) in [5.41, 5.74) is 2.71. The zero-order valence-electron chi connectivity index (χ0n) is 16.6. The van der Waals surface area contributed by atoms with Gasteiger partial charge < -0.3 is 9.84 Å². The number of ether oxygens (including phenoxy) is 1. The van der Waals surface area contributed by atoms with Gasteiger partial charge in [0.1, 0.15) is 11.5 Å². The van der Waals surface area contributed by atoms with Crippen LogP contribution in [0.2, 0.25) is 0 Å². The number of carboxylic acids is 1. The molecule has 0 unspecified atom stereocenters. The summed E-state index contributed by atoms with van der Waals surface area (Å²) < 4.78 is 21.9. The number of ketones is 1. The average Bonchev–Trinajstić information content (AvgIpc) is 3.37. The Hall–Kier alpha value is -3.13. The molecule has 1 saturated carbocycles. The number of carbonyl (C=O) groups excluding carboxylic acids is 1. The summed E-state index contributed by atoms with van der Waals surface area (Å²) in [7, 11) is 0. The van der Waals surface area contributed by atoms with Crippen LogP contribution >= 0.6 is 0 Å². The van der Waals surface area contributed by atoms with Gasteiger partial charge in [-0.3, -0.25) is 9.59 Å². The Kier molecular flexibility index (Phi) is 4.05. The van der Waals surface area contributed by atoms with E-state index < -0.39 is 17.7 Å². The number of aromatic nitrogens is 3. The minimum absolute atomic E-state index is 0.142. The van der Waals surface area contributed by atoms with E-state index in [4.69, 9.17) is 9.84 Å². The fourth-order valence-electron chi connectivity index (χ4n) is 4.08. The minimum Gasteiger partial charge on any atom is -0.481 e. The van der Waals surface area contributed by atoms with E-state index in [1.54, 1.807) is 28.8 Å². The molecule has 8 heteroatoms. The Morgan fingerprint density at radius 3 is 2.60 bits per heavy atom. The SMILES string of the molecule is CC(=O)c1cc(C2(C)COC2)n2nc(-c3ccc([C@@H]4C[C@H]4C(=O)O)cc3F)cc2n1. The quantitative estimate of drug-likeness (QED) is 0.651. The smallest absolute Gasteiger partial charge is 0.307 e. The minimum atomic E-state index is -0.849. The first-order valence-electron chi connectivity index (χ1n) is 9.79. The second-order valence-electron chi connectivity index (χ2n) is 8.46. The van der Waals surface area contributed by atoms with Crippen LogP contribution < -0.4 is 0 Å². The highest BCUT2D eigenvalue weighted by atomic mass is 19.1. The van der Waals surface area contributed by atoms with Gasteiger partial charge >= 0.3 is 5.97 Å². The number of hydrogen-bond donors (Lipinski definition) is 1. The normalized spacial score (nSPS) is 22.0. The third-order valence-corrected chi connectivity index (χ3v) is 6.05. The Bertz CT molecular complexity index is 1210. The van der Waals surface area contributed by atoms with Crippen molar-refractivity contribution in [3.8, 4) is 11.3 Å². The maximum Gasteiger partial charge on any atom is 0.307 e. The molecule has 2 atom stereocenters. The van der Waals surface area contributed by atoms with Crippen LogP contribution in [0, 0.1) is 11.7 Å². The van der Waals surface area contributed by atoms with E-state index in [1.165, 1.54) is 13.0 Å². The number of halogens is 1. The Labute approximate surface area is 171 Å². The lowest BCUT2D eigenvalue weighted by atomic mass is 9.84. The van der Waals surface area contributed by atoms with Crippen LogP contribution in [-0.4, -0.2) is 44.7 Å². The summed E-state index contributed by atoms with van der Waals surface area (Å²) >= 11 is 0. The van der Waals surface area contributed by atoms with E-state index in [9.17, 15) is 14.0 Å². The van der Waals surface area contributed by atoms with E-state index in [-0.39, 0.29) is 17.1 Å². The first kappa shape index (κ1) is 18.9. The molecule has 2 aliphatic rings. The number of hydrogen-bond acceptors (Lipinski definition) is 5. The third kappa shape index (κ3) is 2.90. The molecule has 0 radical (unpaired) electrons. The van der Waals surface area contributed by atoms with Gasteiger partial charge in [-0.25, -0.2) is 13.9 Å². The van der Waals surface area contributed by atoms with Crippen molar-refractivity contribution < 1.29 is 23.8 Å². The largest absolute Gasteiger partial charge is 0.481 e. The fraction of sp³-hybridized carbons (Fsp3) is 0.364. The number of rotatable bonds is 5. The monoisotopic (exact) mass is 409 g/mol. The molecule has 1 aromatic carbocycles. The molecule has 3 heterocycles. The Morgan fingerprint density at radius 1 is 1.27 bits per heavy atom. The van der Waals surface area contributed by atoms with Gasteiger partial charge in [-0.1, -0.05) is 6.07 Å². The summed E-state index contributed by atoms with van der Waals surface area (Å²) in [5.74, 6) is -2.04. The number of Topliss-reactive ketones (excluding diaryl/α,β-unsaturated/α-hetero) is 1. The van der Waals surface area contributed by atoms with Gasteiger partial charge in [-0.2, -0.15) is 5.10 Å². The van der Waals surface area contributed by atoms with Gasteiger partial charge in [-0.15, -0.1) is 0 Å². The maximum absolute atomic E-state index is 14.9. The molecule has 1 N–H and O–H groups in total. The van der Waals surface area contributed by atoms with Crippen LogP contribution in [-0.2, 0) is 14.9 Å². The zero-order valence-corrected chi connectivity index (χ0v) is 16.6. The summed E-state index contributed by atoms with van der Waals surface area (Å²) in [6, 6.07) is 8.17. The predicted octanol–water partition coefficient (Wildman–Crippen LogP) is 3.21. The van der Waals surface area contributed by atoms with Crippen molar-refractivity contribution in [1.82, 2.24) is 14.6 Å². The number of carboxylic acid groups (broad SMARTS) is 1. The van der Waals surface area contributed by atoms with Crippen molar-refractivity contribution in [2.75, 3.05) is 13.2 Å². The summed E-state index contributed by atoms with van der Waals surface area (Å²) in [6.07, 6.45) is 0.532. The second kappa shape index (κ2) is 6.43. The molecular formula is C22H20FN3O4. The molecule has 1 saturated heterocycles. The van der Waals surface area contributed by atoms with Crippen molar-refractivity contribution in [1.29, 1.82) is 0 Å². The number of benzene rings is 1. The van der Waals surface area contributed by atoms with Crippen molar-refractivity contribution in [2.24, 2.45) is 5.92 Å². The molecule has 2 fully saturated rings. The van der Waals surface area contributed by atoms with Gasteiger partial charge in [0.2, 0.25) is 0 Å². The molecule has 1 aliphatic heterocycles. The molecular weight excluding hydrogens is 389 g/mol. The van der Waals surface area contributed by atoms with Crippen LogP contribution in [0.1, 0.15) is 47.9 Å². The van der Waals surface area contributed by atoms with E-state index >= 15 is 0 Å². The number of carbonyl (C=O) groups is 2. The summed E-state index contributed by atoms with van der Waals surface area (Å²) in [6.45, 7) is 4.50. The molecule has 154 valence electrons. The first-order chi connectivity index (χ1) is 14.3. The van der Waals surface area contributed by atoms with E-state index in [2.05, 4.69) is 10.1 Å². The van der Waals surface area contributed by atoms with Gasteiger partial charge in [0.25, 0.3) is 0 Å². The molecule has 2 aromatic heterocycles. The molecule has 30 heavy (non-hydrogen) atoms. The van der Waals surface area contributed by atoms with Crippen LogP contribution in [0.25, 0.3) is 16.9 Å². The Morgan fingerprint density at radius 2 is 2.03 bits per heavy atom. The van der Waals surface area contributed by atoms with Crippen LogP contribution in [0.5, 0.6) is 0 Å². The molecule has 3 aromatic rings. The van der Waals surface area contributed by atoms with Crippen molar-refractivity contribution in [2.45, 2.75) is 31.6 Å². The van der Waals surface area contributed by atoms with E-state index in [0.717, 1.165) is 5.69 Å². The zero-order chi connectivity index (χ0) is 21.2. The number of aliphatic carboxylic acids is 1. The topological polar surface area (TPSA) is 93.8 Å². The predicted molar refractivity (Wildman–Crippen MR) is 105 cm³/mol. The molecule has 0 amide bonds. The lowest BCUT2D eigenvalue weighted by molar-refractivity contribution is -0.138. The third-order valence-electron chi connectivity index (χ3n) is 6.05. The fourth-order valence-corrected chi connectivity index (χ4v) is 4.08. The van der Waals surface area contributed by atoms with Crippen molar-refractivity contribution in [3.63, 3.8) is 0 Å². The molecule has 1 aliphatic carbocycles. The summed E-state index contributed by atoms with van der Waals surface area (Å²) in [4.78, 5) is 27.4. The van der Waals surface area contributed by atoms with E-state index in [1.807, 2.05) is 6.92 Å². The average molecular weight is 409 g/mol. The highest BCUT2D eigenvalue weighted by molar-refractivity contribution is 5.92. The molecule has 0 spiro atoms. The molecule has 0 bridgehead atoms. The van der Waals surface area contributed by atoms with Crippen LogP contribution in [0.15, 0.2) is 30.3 Å². The number of nitrogens with zero attached hydrogens (tertiary/aromatic N) is 3. The van der Waals surface area contributed by atoms with Crippen LogP contribution in [0.3, 0.4) is 0 Å². The van der Waals surface area contributed by atoms with Gasteiger partial charge in [-0.05, 0) is 43.0 Å². The van der Waals surface area contributed by atoms with Crippen molar-refractivity contribution >= 4 is 17.4 Å². The Balaban J connectivity index is 1.58. The first-order valence-corrected chi connectivity index (χ1v) is 9.79. The number of fused-ring (bicyclic) bond motifs is 1. The lowest BCUT2D eigenvalue weighted by Gasteiger charge is -2.38. The van der Waals surface area contributed by atoms with Crippen LogP contribution in [0.4, 0.5) is 4.39 Å². The molecule has 5 rings (SSSR count). The summed E-state index contributed by atoms with van der Waals surface area (Å²) in [5, 5.41) is 13.7. The van der Waals surface area contributed by atoms with Crippen molar-refractivity contribution in [3.05, 3.63) is 53.1 Å².